The first kappa shape index (κ1) is 16.4. The molecule has 1 N–H and O–H groups in total. The number of ether oxygens (including phenoxy) is 1. The van der Waals surface area contributed by atoms with Crippen molar-refractivity contribution in [2.24, 2.45) is 0 Å². The van der Waals surface area contributed by atoms with Gasteiger partial charge in [0, 0.05) is 0 Å². The van der Waals surface area contributed by atoms with E-state index in [0.717, 1.165) is 0 Å². The summed E-state index contributed by atoms with van der Waals surface area (Å²) < 4.78 is 31.1. The Kier molecular flexibility index (Phi) is 5.25. The van der Waals surface area contributed by atoms with Crippen LogP contribution in [0.1, 0.15) is 11.1 Å². The minimum absolute atomic E-state index is 0.0235. The lowest BCUT2D eigenvalue weighted by molar-refractivity contribution is -0.130. The molecule has 0 saturated heterocycles. The van der Waals surface area contributed by atoms with Gasteiger partial charge in [-0.2, -0.15) is 0 Å². The molecule has 0 spiro atoms. The predicted molar refractivity (Wildman–Crippen MR) is 84.0 cm³/mol. The van der Waals surface area contributed by atoms with Crippen molar-refractivity contribution in [2.75, 3.05) is 7.11 Å². The van der Waals surface area contributed by atoms with Crippen LogP contribution in [0.4, 0.5) is 8.78 Å². The Morgan fingerprint density at radius 1 is 1.13 bits per heavy atom. The van der Waals surface area contributed by atoms with Crippen LogP contribution in [0.25, 0.3) is 11.6 Å². The molecule has 0 aliphatic carbocycles. The Morgan fingerprint density at radius 3 is 2.43 bits per heavy atom. The molecule has 2 aromatic rings. The molecular formula is C18H14F2O3. The van der Waals surface area contributed by atoms with E-state index >= 15 is 0 Å². The number of benzene rings is 2. The normalized spacial score (nSPS) is 11.7. The van der Waals surface area contributed by atoms with E-state index in [-0.39, 0.29) is 11.3 Å². The minimum atomic E-state index is -1.13. The minimum Gasteiger partial charge on any atom is -0.494 e. The lowest BCUT2D eigenvalue weighted by atomic mass is 10.1. The number of allylic oxidation sites excluding steroid dienone is 2. The number of hydrogen-bond donors (Lipinski definition) is 1. The molecule has 118 valence electrons. The van der Waals surface area contributed by atoms with Crippen molar-refractivity contribution in [2.45, 2.75) is 0 Å². The van der Waals surface area contributed by atoms with Crippen LogP contribution in [0, 0.1) is 11.6 Å². The quantitative estimate of drug-likeness (QED) is 0.665. The van der Waals surface area contributed by atoms with Crippen molar-refractivity contribution in [3.8, 4) is 5.75 Å². The van der Waals surface area contributed by atoms with Gasteiger partial charge in [0.1, 0.15) is 5.82 Å². The van der Waals surface area contributed by atoms with Crippen LogP contribution in [-0.4, -0.2) is 18.2 Å². The van der Waals surface area contributed by atoms with Gasteiger partial charge in [0.2, 0.25) is 0 Å². The number of aliphatic carboxylic acids is 1. The van der Waals surface area contributed by atoms with Crippen LogP contribution < -0.4 is 4.74 Å². The second-order valence-corrected chi connectivity index (χ2v) is 4.65. The first-order chi connectivity index (χ1) is 11.0. The molecular weight excluding hydrogens is 302 g/mol. The van der Waals surface area contributed by atoms with Gasteiger partial charge in [-0.15, -0.1) is 0 Å². The van der Waals surface area contributed by atoms with Crippen molar-refractivity contribution in [3.05, 3.63) is 77.4 Å². The molecule has 0 radical (unpaired) electrons. The smallest absolute Gasteiger partial charge is 0.336 e. The predicted octanol–water partition coefficient (Wildman–Crippen LogP) is 4.15. The van der Waals surface area contributed by atoms with Crippen molar-refractivity contribution in [1.82, 2.24) is 0 Å². The van der Waals surface area contributed by atoms with Gasteiger partial charge in [0.15, 0.2) is 11.6 Å². The number of halogens is 2. The average molecular weight is 316 g/mol. The van der Waals surface area contributed by atoms with Gasteiger partial charge in [0.05, 0.1) is 12.7 Å². The lowest BCUT2D eigenvalue weighted by Crippen LogP contribution is -1.99. The standard InChI is InChI=1S/C18H14F2O3/c1-23-17-11-12(5-10-16(17)20)3-2-4-15(18(21)22)13-6-8-14(19)9-7-13/h2-11H,1H3,(H,21,22)/b3-2+,15-4?. The van der Waals surface area contributed by atoms with E-state index in [1.807, 2.05) is 0 Å². The summed E-state index contributed by atoms with van der Waals surface area (Å²) in [7, 11) is 1.36. The molecule has 2 rings (SSSR count). The third kappa shape index (κ3) is 4.26. The first-order valence-corrected chi connectivity index (χ1v) is 6.72. The summed E-state index contributed by atoms with van der Waals surface area (Å²) in [5, 5.41) is 9.25. The summed E-state index contributed by atoms with van der Waals surface area (Å²) >= 11 is 0. The summed E-state index contributed by atoms with van der Waals surface area (Å²) in [5.41, 5.74) is 1.07. The maximum atomic E-state index is 13.3. The Bertz CT molecular complexity index is 762. The van der Waals surface area contributed by atoms with Gasteiger partial charge in [-0.3, -0.25) is 0 Å². The molecule has 0 heterocycles. The van der Waals surface area contributed by atoms with Gasteiger partial charge >= 0.3 is 5.97 Å². The number of carboxylic acid groups (broad SMARTS) is 1. The monoisotopic (exact) mass is 316 g/mol. The third-order valence-corrected chi connectivity index (χ3v) is 3.11. The topological polar surface area (TPSA) is 46.5 Å². The average Bonchev–Trinajstić information content (AvgIpc) is 2.54. The molecule has 0 atom stereocenters. The van der Waals surface area contributed by atoms with Crippen molar-refractivity contribution in [3.63, 3.8) is 0 Å². The second kappa shape index (κ2) is 7.35. The van der Waals surface area contributed by atoms with E-state index in [2.05, 4.69) is 0 Å². The summed E-state index contributed by atoms with van der Waals surface area (Å²) in [4.78, 5) is 11.3. The fourth-order valence-corrected chi connectivity index (χ4v) is 1.96. The van der Waals surface area contributed by atoms with Gasteiger partial charge in [0.25, 0.3) is 0 Å². The fourth-order valence-electron chi connectivity index (χ4n) is 1.96. The van der Waals surface area contributed by atoms with E-state index in [1.54, 1.807) is 12.1 Å². The molecule has 23 heavy (non-hydrogen) atoms. The zero-order valence-electron chi connectivity index (χ0n) is 12.3. The van der Waals surface area contributed by atoms with Crippen LogP contribution >= 0.6 is 0 Å². The largest absolute Gasteiger partial charge is 0.494 e. The zero-order valence-corrected chi connectivity index (χ0v) is 12.3. The van der Waals surface area contributed by atoms with E-state index in [0.29, 0.717) is 11.1 Å². The summed E-state index contributed by atoms with van der Waals surface area (Å²) in [6.07, 6.45) is 4.54. The highest BCUT2D eigenvalue weighted by Crippen LogP contribution is 2.20. The third-order valence-electron chi connectivity index (χ3n) is 3.11. The number of rotatable bonds is 5. The Balaban J connectivity index is 2.27. The maximum absolute atomic E-state index is 13.3. The number of methoxy groups -OCH3 is 1. The van der Waals surface area contributed by atoms with Crippen LogP contribution in [0.5, 0.6) is 5.75 Å². The fraction of sp³-hybridized carbons (Fsp3) is 0.0556. The molecule has 0 saturated carbocycles. The molecule has 0 aliphatic heterocycles. The summed E-state index contributed by atoms with van der Waals surface area (Å²) in [5.74, 6) is -1.93. The van der Waals surface area contributed by atoms with Crippen LogP contribution in [-0.2, 0) is 4.79 Å². The van der Waals surface area contributed by atoms with E-state index in [9.17, 15) is 18.7 Å². The second-order valence-electron chi connectivity index (χ2n) is 4.65. The molecule has 0 unspecified atom stereocenters. The SMILES string of the molecule is COc1cc(/C=C/C=C(C(=O)O)c2ccc(F)cc2)ccc1F. The highest BCUT2D eigenvalue weighted by molar-refractivity contribution is 6.15. The maximum Gasteiger partial charge on any atom is 0.336 e. The Labute approximate surface area is 132 Å². The number of hydrogen-bond acceptors (Lipinski definition) is 2. The summed E-state index contributed by atoms with van der Waals surface area (Å²) in [6, 6.07) is 9.48. The molecule has 0 fully saturated rings. The number of carboxylic acids is 1. The van der Waals surface area contributed by atoms with Crippen molar-refractivity contribution in [1.29, 1.82) is 0 Å². The van der Waals surface area contributed by atoms with E-state index < -0.39 is 17.6 Å². The van der Waals surface area contributed by atoms with Crippen LogP contribution in [0.15, 0.2) is 54.6 Å². The van der Waals surface area contributed by atoms with E-state index in [1.165, 1.54) is 55.7 Å². The molecule has 5 heteroatoms. The lowest BCUT2D eigenvalue weighted by Gasteiger charge is -2.03. The van der Waals surface area contributed by atoms with Gasteiger partial charge in [-0.05, 0) is 41.5 Å². The molecule has 0 amide bonds. The molecule has 0 bridgehead atoms. The van der Waals surface area contributed by atoms with Gasteiger partial charge in [-0.1, -0.05) is 30.4 Å². The molecule has 0 aromatic heterocycles. The first-order valence-electron chi connectivity index (χ1n) is 6.72. The zero-order chi connectivity index (χ0) is 16.8. The molecule has 3 nitrogen and oxygen atoms in total. The highest BCUT2D eigenvalue weighted by Gasteiger charge is 2.09. The Hall–Kier alpha value is -2.95. The van der Waals surface area contributed by atoms with Crippen LogP contribution in [0.2, 0.25) is 0 Å². The van der Waals surface area contributed by atoms with Crippen molar-refractivity contribution >= 4 is 17.6 Å². The highest BCUT2D eigenvalue weighted by atomic mass is 19.1. The Morgan fingerprint density at radius 2 is 1.83 bits per heavy atom. The molecule has 2 aromatic carbocycles. The van der Waals surface area contributed by atoms with Gasteiger partial charge < -0.3 is 9.84 Å². The summed E-state index contributed by atoms with van der Waals surface area (Å²) in [6.45, 7) is 0. The van der Waals surface area contributed by atoms with Crippen LogP contribution in [0.3, 0.4) is 0 Å². The van der Waals surface area contributed by atoms with E-state index in [4.69, 9.17) is 4.74 Å². The number of carbonyl (C=O) groups is 1. The molecule has 0 aliphatic rings. The van der Waals surface area contributed by atoms with Crippen molar-refractivity contribution < 1.29 is 23.4 Å². The van der Waals surface area contributed by atoms with Gasteiger partial charge in [-0.25, -0.2) is 13.6 Å².